The van der Waals surface area contributed by atoms with Crippen LogP contribution < -0.4 is 5.73 Å². The zero-order chi connectivity index (χ0) is 12.0. The molecule has 6 heteroatoms. The minimum Gasteiger partial charge on any atom is -0.340 e. The van der Waals surface area contributed by atoms with E-state index in [0.29, 0.717) is 12.2 Å². The van der Waals surface area contributed by atoms with Gasteiger partial charge in [-0.3, -0.25) is 4.79 Å². The number of amides is 1. The van der Waals surface area contributed by atoms with Gasteiger partial charge in [0.15, 0.2) is 0 Å². The van der Waals surface area contributed by atoms with E-state index in [1.165, 1.54) is 11.3 Å². The number of hydrogen-bond acceptors (Lipinski definition) is 4. The van der Waals surface area contributed by atoms with Crippen molar-refractivity contribution in [3.63, 3.8) is 0 Å². The lowest BCUT2D eigenvalue weighted by Gasteiger charge is -2.14. The Morgan fingerprint density at radius 2 is 2.41 bits per heavy atom. The zero-order valence-electron chi connectivity index (χ0n) is 9.89. The molecule has 17 heavy (non-hydrogen) atoms. The van der Waals surface area contributed by atoms with E-state index in [-0.39, 0.29) is 18.3 Å². The first kappa shape index (κ1) is 16.1. The molecule has 1 amide bonds. The van der Waals surface area contributed by atoms with Gasteiger partial charge in [0.2, 0.25) is 0 Å². The molecule has 0 saturated carbocycles. The maximum atomic E-state index is 11.9. The highest BCUT2D eigenvalue weighted by Gasteiger charge is 2.14. The Morgan fingerprint density at radius 3 is 2.94 bits per heavy atom. The van der Waals surface area contributed by atoms with E-state index in [4.69, 9.17) is 5.73 Å². The van der Waals surface area contributed by atoms with Gasteiger partial charge in [-0.05, 0) is 12.8 Å². The minimum atomic E-state index is -0.0417. The van der Waals surface area contributed by atoms with Gasteiger partial charge in [0.1, 0.15) is 10.7 Å². The molecule has 1 rings (SSSR count). The summed E-state index contributed by atoms with van der Waals surface area (Å²) in [5.74, 6) is -0.0417. The van der Waals surface area contributed by atoms with Crippen LogP contribution in [-0.2, 0) is 6.54 Å². The first-order chi connectivity index (χ1) is 7.69. The van der Waals surface area contributed by atoms with E-state index in [2.05, 4.69) is 11.6 Å². The van der Waals surface area contributed by atoms with Gasteiger partial charge in [0, 0.05) is 25.5 Å². The van der Waals surface area contributed by atoms with Crippen LogP contribution in [0.3, 0.4) is 0 Å². The maximum absolute atomic E-state index is 11.9. The molecule has 96 valence electrons. The van der Waals surface area contributed by atoms with Gasteiger partial charge in [-0.2, -0.15) is 0 Å². The summed E-state index contributed by atoms with van der Waals surface area (Å²) in [5.41, 5.74) is 5.94. The van der Waals surface area contributed by atoms with Crippen molar-refractivity contribution in [3.8, 4) is 0 Å². The van der Waals surface area contributed by atoms with Crippen molar-refractivity contribution in [2.24, 2.45) is 5.73 Å². The third kappa shape index (κ3) is 4.85. The van der Waals surface area contributed by atoms with E-state index in [1.54, 1.807) is 17.3 Å². The van der Waals surface area contributed by atoms with Crippen LogP contribution in [0.5, 0.6) is 0 Å². The predicted molar refractivity (Wildman–Crippen MR) is 73.6 cm³/mol. The fourth-order valence-electron chi connectivity index (χ4n) is 1.27. The van der Waals surface area contributed by atoms with E-state index in [0.717, 1.165) is 24.4 Å². The topological polar surface area (TPSA) is 59.2 Å². The lowest BCUT2D eigenvalue weighted by atomic mass is 10.3. The molecular formula is C11H18ClN3OS. The fourth-order valence-corrected chi connectivity index (χ4v) is 1.92. The van der Waals surface area contributed by atoms with Crippen LogP contribution in [0.4, 0.5) is 0 Å². The second-order valence-corrected chi connectivity index (χ2v) is 4.43. The number of hydrogen-bond donors (Lipinski definition) is 1. The first-order valence-corrected chi connectivity index (χ1v) is 6.07. The predicted octanol–water partition coefficient (Wildman–Crippen LogP) is 2.06. The van der Waals surface area contributed by atoms with E-state index >= 15 is 0 Å². The highest BCUT2D eigenvalue weighted by molar-refractivity contribution is 7.09. The lowest BCUT2D eigenvalue weighted by Crippen LogP contribution is -2.28. The van der Waals surface area contributed by atoms with Crippen molar-refractivity contribution in [2.45, 2.75) is 19.4 Å². The Morgan fingerprint density at radius 1 is 1.71 bits per heavy atom. The number of rotatable bonds is 6. The van der Waals surface area contributed by atoms with Crippen molar-refractivity contribution in [3.05, 3.63) is 28.7 Å². The molecule has 1 aromatic rings. The summed E-state index contributed by atoms with van der Waals surface area (Å²) in [6.45, 7) is 4.76. The van der Waals surface area contributed by atoms with Gasteiger partial charge in [-0.25, -0.2) is 4.98 Å². The molecule has 4 nitrogen and oxygen atoms in total. The summed E-state index contributed by atoms with van der Waals surface area (Å²) >= 11 is 1.42. The molecule has 0 aliphatic rings. The van der Waals surface area contributed by atoms with Crippen LogP contribution in [0.2, 0.25) is 0 Å². The highest BCUT2D eigenvalue weighted by Crippen LogP contribution is 2.11. The second-order valence-electron chi connectivity index (χ2n) is 3.49. The van der Waals surface area contributed by atoms with Crippen molar-refractivity contribution in [1.29, 1.82) is 0 Å². The summed E-state index contributed by atoms with van der Waals surface area (Å²) in [5, 5.41) is 2.55. The molecule has 0 bridgehead atoms. The van der Waals surface area contributed by atoms with Crippen LogP contribution in [0.1, 0.15) is 28.3 Å². The number of allylic oxidation sites excluding steroid dienone is 1. The van der Waals surface area contributed by atoms with E-state index in [9.17, 15) is 4.79 Å². The third-order valence-electron chi connectivity index (χ3n) is 2.19. The monoisotopic (exact) mass is 275 g/mol. The fraction of sp³-hybridized carbons (Fsp3) is 0.455. The smallest absolute Gasteiger partial charge is 0.273 e. The molecule has 0 aliphatic carbocycles. The zero-order valence-corrected chi connectivity index (χ0v) is 11.5. The Labute approximate surface area is 112 Å². The molecule has 0 aromatic carbocycles. The molecule has 0 atom stereocenters. The standard InChI is InChI=1S/C11H17N3OS.ClH/c1-3-4-5-6-14(2)11(15)9-8-16-10(7-12)13-9;/h3,8H,1,4-7,12H2,2H3;1H. The summed E-state index contributed by atoms with van der Waals surface area (Å²) in [4.78, 5) is 17.7. The number of halogens is 1. The van der Waals surface area contributed by atoms with Gasteiger partial charge in [0.05, 0.1) is 0 Å². The number of nitrogens with two attached hydrogens (primary N) is 1. The summed E-state index contributed by atoms with van der Waals surface area (Å²) in [6, 6.07) is 0. The van der Waals surface area contributed by atoms with Gasteiger partial charge >= 0.3 is 0 Å². The molecule has 1 heterocycles. The molecular weight excluding hydrogens is 258 g/mol. The van der Waals surface area contributed by atoms with Gasteiger partial charge in [-0.1, -0.05) is 6.08 Å². The van der Waals surface area contributed by atoms with Crippen LogP contribution in [0, 0.1) is 0 Å². The summed E-state index contributed by atoms with van der Waals surface area (Å²) in [6.07, 6.45) is 3.70. The number of aromatic nitrogens is 1. The van der Waals surface area contributed by atoms with Crippen molar-refractivity contribution in [1.82, 2.24) is 9.88 Å². The Bertz CT molecular complexity index is 367. The summed E-state index contributed by atoms with van der Waals surface area (Å²) < 4.78 is 0. The van der Waals surface area contributed by atoms with E-state index < -0.39 is 0 Å². The van der Waals surface area contributed by atoms with Crippen LogP contribution in [0.15, 0.2) is 18.0 Å². The average molecular weight is 276 g/mol. The Balaban J connectivity index is 0.00000256. The van der Waals surface area contributed by atoms with E-state index in [1.807, 2.05) is 6.08 Å². The molecule has 0 saturated heterocycles. The molecule has 0 radical (unpaired) electrons. The molecule has 1 aromatic heterocycles. The third-order valence-corrected chi connectivity index (χ3v) is 3.07. The number of carbonyl (C=O) groups is 1. The van der Waals surface area contributed by atoms with Crippen LogP contribution >= 0.6 is 23.7 Å². The molecule has 0 aliphatic heterocycles. The first-order valence-electron chi connectivity index (χ1n) is 5.20. The SMILES string of the molecule is C=CCCCN(C)C(=O)c1csc(CN)n1.Cl. The molecule has 0 spiro atoms. The van der Waals surface area contributed by atoms with Crippen LogP contribution in [0.25, 0.3) is 0 Å². The van der Waals surface area contributed by atoms with Crippen molar-refractivity contribution < 1.29 is 4.79 Å². The minimum absolute atomic E-state index is 0. The van der Waals surface area contributed by atoms with Gasteiger partial charge in [0.25, 0.3) is 5.91 Å². The number of unbranched alkanes of at least 4 members (excludes halogenated alkanes) is 1. The van der Waals surface area contributed by atoms with Crippen molar-refractivity contribution >= 4 is 29.7 Å². The normalized spacial score (nSPS) is 9.53. The summed E-state index contributed by atoms with van der Waals surface area (Å²) in [7, 11) is 1.78. The number of carbonyl (C=O) groups excluding carboxylic acids is 1. The molecule has 0 fully saturated rings. The number of thiazole rings is 1. The Kier molecular flexibility index (Phi) is 7.78. The average Bonchev–Trinajstić information content (AvgIpc) is 2.76. The largest absolute Gasteiger partial charge is 0.340 e. The highest BCUT2D eigenvalue weighted by atomic mass is 35.5. The second kappa shape index (κ2) is 8.22. The van der Waals surface area contributed by atoms with Gasteiger partial charge < -0.3 is 10.6 Å². The molecule has 2 N–H and O–H groups in total. The van der Waals surface area contributed by atoms with Crippen LogP contribution in [-0.4, -0.2) is 29.4 Å². The number of nitrogens with zero attached hydrogens (tertiary/aromatic N) is 2. The molecule has 0 unspecified atom stereocenters. The van der Waals surface area contributed by atoms with Crippen molar-refractivity contribution in [2.75, 3.05) is 13.6 Å². The Hall–Kier alpha value is -0.910. The quantitative estimate of drug-likeness (QED) is 0.639. The lowest BCUT2D eigenvalue weighted by molar-refractivity contribution is 0.0788. The maximum Gasteiger partial charge on any atom is 0.273 e. The van der Waals surface area contributed by atoms with Gasteiger partial charge in [-0.15, -0.1) is 30.3 Å².